The summed E-state index contributed by atoms with van der Waals surface area (Å²) in [6.07, 6.45) is 1.19. The number of hydrogen-bond donors (Lipinski definition) is 2. The summed E-state index contributed by atoms with van der Waals surface area (Å²) in [4.78, 5) is 6.73. The van der Waals surface area contributed by atoms with Crippen LogP contribution in [0.5, 0.6) is 0 Å². The van der Waals surface area contributed by atoms with Gasteiger partial charge in [-0.1, -0.05) is 13.0 Å². The number of hydrogen-bond acceptors (Lipinski definition) is 4. The lowest BCUT2D eigenvalue weighted by Crippen LogP contribution is -2.28. The molecular formula is C17H27N3O2. The van der Waals surface area contributed by atoms with Gasteiger partial charge in [0.1, 0.15) is 5.84 Å². The number of nitrogens with two attached hydrogens (primary N) is 1. The summed E-state index contributed by atoms with van der Waals surface area (Å²) in [5.41, 5.74) is 9.03. The molecule has 0 fully saturated rings. The number of likely N-dealkylation sites (N-methyl/N-ethyl adjacent to an activating group) is 1. The molecule has 0 amide bonds. The standard InChI is InChI=1S/C17H27N3O2/c1-4-8-22-9-7-20(3)12(2)19-14-6-5-13-10-16(21)17(18)15(13)11-14/h5-6,11,16-17,21H,4,7-10,18H2,1-3H3/t16-,17-/m1/s1. The first-order valence-corrected chi connectivity index (χ1v) is 7.93. The maximum atomic E-state index is 9.84. The summed E-state index contributed by atoms with van der Waals surface area (Å²) in [7, 11) is 2.01. The van der Waals surface area contributed by atoms with Crippen molar-refractivity contribution in [1.29, 1.82) is 0 Å². The first-order chi connectivity index (χ1) is 10.5. The molecule has 0 radical (unpaired) electrons. The molecular weight excluding hydrogens is 278 g/mol. The van der Waals surface area contributed by atoms with E-state index in [1.54, 1.807) is 0 Å². The van der Waals surface area contributed by atoms with Crippen LogP contribution in [0.1, 0.15) is 37.4 Å². The van der Waals surface area contributed by atoms with Crippen molar-refractivity contribution in [2.45, 2.75) is 38.8 Å². The monoisotopic (exact) mass is 305 g/mol. The molecule has 1 aliphatic rings. The SMILES string of the molecule is CCCOCCN(C)C(C)=Nc1ccc2c(c1)[C@@H](N)[C@H](O)C2. The fraction of sp³-hybridized carbons (Fsp3) is 0.588. The van der Waals surface area contributed by atoms with Gasteiger partial charge < -0.3 is 20.5 Å². The number of rotatable bonds is 6. The van der Waals surface area contributed by atoms with E-state index in [1.165, 1.54) is 0 Å². The summed E-state index contributed by atoms with van der Waals surface area (Å²) in [5, 5.41) is 9.84. The van der Waals surface area contributed by atoms with Crippen LogP contribution in [-0.2, 0) is 11.2 Å². The summed E-state index contributed by atoms with van der Waals surface area (Å²) in [6.45, 7) is 6.42. The molecule has 0 aliphatic heterocycles. The van der Waals surface area contributed by atoms with Crippen molar-refractivity contribution >= 4 is 11.5 Å². The van der Waals surface area contributed by atoms with Gasteiger partial charge in [0.25, 0.3) is 0 Å². The number of ether oxygens (including phenoxy) is 1. The molecule has 1 aromatic rings. The number of fused-ring (bicyclic) bond motifs is 1. The maximum absolute atomic E-state index is 9.84. The number of benzene rings is 1. The first kappa shape index (κ1) is 16.9. The van der Waals surface area contributed by atoms with Crippen LogP contribution in [-0.4, -0.2) is 48.8 Å². The second-order valence-corrected chi connectivity index (χ2v) is 5.87. The van der Waals surface area contributed by atoms with E-state index in [9.17, 15) is 5.11 Å². The van der Waals surface area contributed by atoms with Gasteiger partial charge in [-0.3, -0.25) is 0 Å². The number of amidine groups is 1. The highest BCUT2D eigenvalue weighted by atomic mass is 16.5. The summed E-state index contributed by atoms with van der Waals surface area (Å²) < 4.78 is 5.50. The molecule has 0 saturated heterocycles. The molecule has 5 nitrogen and oxygen atoms in total. The molecule has 0 saturated carbocycles. The third-order valence-electron chi connectivity index (χ3n) is 4.09. The van der Waals surface area contributed by atoms with Gasteiger partial charge in [-0.2, -0.15) is 0 Å². The van der Waals surface area contributed by atoms with Gasteiger partial charge in [0.15, 0.2) is 0 Å². The Labute approximate surface area is 132 Å². The minimum atomic E-state index is -0.478. The van der Waals surface area contributed by atoms with E-state index in [0.29, 0.717) is 13.0 Å². The van der Waals surface area contributed by atoms with Crippen LogP contribution in [0.25, 0.3) is 0 Å². The molecule has 122 valence electrons. The van der Waals surface area contributed by atoms with Crippen molar-refractivity contribution in [1.82, 2.24) is 4.90 Å². The van der Waals surface area contributed by atoms with Crippen molar-refractivity contribution in [3.8, 4) is 0 Å². The third-order valence-corrected chi connectivity index (χ3v) is 4.09. The van der Waals surface area contributed by atoms with Crippen LogP contribution in [0.2, 0.25) is 0 Å². The normalized spacial score (nSPS) is 21.0. The predicted octanol–water partition coefficient (Wildman–Crippen LogP) is 2.01. The molecule has 0 unspecified atom stereocenters. The van der Waals surface area contributed by atoms with Crippen molar-refractivity contribution < 1.29 is 9.84 Å². The largest absolute Gasteiger partial charge is 0.391 e. The van der Waals surface area contributed by atoms with E-state index in [2.05, 4.69) is 16.8 Å². The molecule has 0 heterocycles. The number of nitrogens with zero attached hydrogens (tertiary/aromatic N) is 2. The fourth-order valence-electron chi connectivity index (χ4n) is 2.59. The van der Waals surface area contributed by atoms with Gasteiger partial charge in [-0.25, -0.2) is 4.99 Å². The van der Waals surface area contributed by atoms with Gasteiger partial charge in [-0.05, 0) is 36.6 Å². The van der Waals surface area contributed by atoms with Crippen LogP contribution in [0, 0.1) is 0 Å². The Hall–Kier alpha value is -1.43. The van der Waals surface area contributed by atoms with Crippen molar-refractivity contribution in [2.24, 2.45) is 10.7 Å². The number of aliphatic hydroxyl groups excluding tert-OH is 1. The average molecular weight is 305 g/mol. The summed E-state index contributed by atoms with van der Waals surface area (Å²) >= 11 is 0. The van der Waals surface area contributed by atoms with E-state index in [4.69, 9.17) is 10.5 Å². The lowest BCUT2D eigenvalue weighted by Gasteiger charge is -2.18. The topological polar surface area (TPSA) is 71.1 Å². The van der Waals surface area contributed by atoms with Crippen molar-refractivity contribution in [3.63, 3.8) is 0 Å². The lowest BCUT2D eigenvalue weighted by atomic mass is 10.1. The van der Waals surface area contributed by atoms with Gasteiger partial charge in [0.2, 0.25) is 0 Å². The fourth-order valence-corrected chi connectivity index (χ4v) is 2.59. The number of aliphatic imine (C=N–C) groups is 1. The van der Waals surface area contributed by atoms with E-state index in [1.807, 2.05) is 32.2 Å². The highest BCUT2D eigenvalue weighted by Gasteiger charge is 2.27. The predicted molar refractivity (Wildman–Crippen MR) is 89.6 cm³/mol. The minimum absolute atomic E-state index is 0.300. The molecule has 2 rings (SSSR count). The van der Waals surface area contributed by atoms with Crippen LogP contribution in [0.4, 0.5) is 5.69 Å². The zero-order valence-electron chi connectivity index (χ0n) is 13.7. The van der Waals surface area contributed by atoms with Crippen LogP contribution >= 0.6 is 0 Å². The molecule has 1 aliphatic carbocycles. The Kier molecular flexibility index (Phi) is 5.94. The van der Waals surface area contributed by atoms with Crippen LogP contribution in [0.3, 0.4) is 0 Å². The third kappa shape index (κ3) is 4.06. The van der Waals surface area contributed by atoms with E-state index in [-0.39, 0.29) is 6.04 Å². The zero-order chi connectivity index (χ0) is 16.1. The Balaban J connectivity index is 2.00. The Bertz CT molecular complexity index is 531. The highest BCUT2D eigenvalue weighted by molar-refractivity contribution is 5.82. The minimum Gasteiger partial charge on any atom is -0.391 e. The van der Waals surface area contributed by atoms with Gasteiger partial charge in [0, 0.05) is 26.6 Å². The zero-order valence-corrected chi connectivity index (χ0v) is 13.7. The molecule has 0 bridgehead atoms. The summed E-state index contributed by atoms with van der Waals surface area (Å²) in [5.74, 6) is 0.937. The van der Waals surface area contributed by atoms with Crippen LogP contribution in [0.15, 0.2) is 23.2 Å². The highest BCUT2D eigenvalue weighted by Crippen LogP contribution is 2.32. The lowest BCUT2D eigenvalue weighted by molar-refractivity contribution is 0.125. The molecule has 0 aromatic heterocycles. The van der Waals surface area contributed by atoms with E-state index in [0.717, 1.165) is 42.2 Å². The van der Waals surface area contributed by atoms with Gasteiger partial charge >= 0.3 is 0 Å². The van der Waals surface area contributed by atoms with Crippen LogP contribution < -0.4 is 5.73 Å². The average Bonchev–Trinajstić information content (AvgIpc) is 2.78. The Morgan fingerprint density at radius 1 is 1.45 bits per heavy atom. The van der Waals surface area contributed by atoms with E-state index < -0.39 is 6.10 Å². The molecule has 0 spiro atoms. The molecule has 5 heteroatoms. The molecule has 1 aromatic carbocycles. The first-order valence-electron chi connectivity index (χ1n) is 7.93. The Morgan fingerprint density at radius 2 is 2.23 bits per heavy atom. The van der Waals surface area contributed by atoms with Gasteiger partial charge in [0.05, 0.1) is 24.4 Å². The quantitative estimate of drug-likeness (QED) is 0.479. The van der Waals surface area contributed by atoms with Crippen molar-refractivity contribution in [2.75, 3.05) is 26.8 Å². The second-order valence-electron chi connectivity index (χ2n) is 5.87. The molecule has 22 heavy (non-hydrogen) atoms. The summed E-state index contributed by atoms with van der Waals surface area (Å²) in [6, 6.07) is 5.68. The van der Waals surface area contributed by atoms with Crippen molar-refractivity contribution in [3.05, 3.63) is 29.3 Å². The number of aliphatic hydroxyl groups is 1. The van der Waals surface area contributed by atoms with Gasteiger partial charge in [-0.15, -0.1) is 0 Å². The molecule has 3 N–H and O–H groups in total. The van der Waals surface area contributed by atoms with E-state index >= 15 is 0 Å². The second kappa shape index (κ2) is 7.72. The maximum Gasteiger partial charge on any atom is 0.101 e. The Morgan fingerprint density at radius 3 is 2.95 bits per heavy atom. The molecule has 2 atom stereocenters. The smallest absolute Gasteiger partial charge is 0.101 e.